The highest BCUT2D eigenvalue weighted by atomic mass is 16.6. The van der Waals surface area contributed by atoms with Crippen molar-refractivity contribution in [1.29, 1.82) is 0 Å². The van der Waals surface area contributed by atoms with Gasteiger partial charge in [-0.25, -0.2) is 14.5 Å². The summed E-state index contributed by atoms with van der Waals surface area (Å²) in [6.07, 6.45) is 5.85. The Kier molecular flexibility index (Phi) is 7.08. The number of allylic oxidation sites excluding steroid dienone is 1. The van der Waals surface area contributed by atoms with Gasteiger partial charge in [-0.15, -0.1) is 0 Å². The second-order valence-electron chi connectivity index (χ2n) is 4.96. The van der Waals surface area contributed by atoms with E-state index in [-0.39, 0.29) is 19.7 Å². The Morgan fingerprint density at radius 1 is 1.40 bits per heavy atom. The fourth-order valence-electron chi connectivity index (χ4n) is 2.36. The van der Waals surface area contributed by atoms with Crippen LogP contribution in [0.1, 0.15) is 39.5 Å². The molecule has 0 aromatic carbocycles. The lowest BCUT2D eigenvalue weighted by atomic mass is 10.0. The maximum Gasteiger partial charge on any atom is 0.418 e. The van der Waals surface area contributed by atoms with Gasteiger partial charge in [0.05, 0.1) is 6.61 Å². The Morgan fingerprint density at radius 2 is 2.05 bits per heavy atom. The van der Waals surface area contributed by atoms with E-state index in [1.807, 2.05) is 6.92 Å². The number of urea groups is 1. The molecule has 114 valence electrons. The van der Waals surface area contributed by atoms with Gasteiger partial charge in [-0.05, 0) is 32.6 Å². The summed E-state index contributed by atoms with van der Waals surface area (Å²) in [5.41, 5.74) is 6.56. The lowest BCUT2D eigenvalue weighted by Gasteiger charge is -2.19. The highest BCUT2D eigenvalue weighted by Gasteiger charge is 2.22. The van der Waals surface area contributed by atoms with Gasteiger partial charge in [-0.2, -0.15) is 0 Å². The zero-order valence-electron chi connectivity index (χ0n) is 12.4. The fourth-order valence-corrected chi connectivity index (χ4v) is 2.36. The van der Waals surface area contributed by atoms with Gasteiger partial charge in [-0.3, -0.25) is 0 Å². The van der Waals surface area contributed by atoms with Crippen molar-refractivity contribution in [3.8, 4) is 0 Å². The van der Waals surface area contributed by atoms with Crippen LogP contribution in [0, 0.1) is 5.92 Å². The molecule has 1 fully saturated rings. The van der Waals surface area contributed by atoms with Crippen molar-refractivity contribution in [2.75, 3.05) is 19.7 Å². The minimum Gasteiger partial charge on any atom is -0.449 e. The first-order chi connectivity index (χ1) is 9.60. The number of rotatable bonds is 5. The van der Waals surface area contributed by atoms with Crippen LogP contribution in [0.4, 0.5) is 9.59 Å². The number of carbonyl (C=O) groups excluding carboxylic acids is 2. The van der Waals surface area contributed by atoms with Crippen molar-refractivity contribution >= 4 is 12.1 Å². The number of imide groups is 1. The molecule has 6 nitrogen and oxygen atoms in total. The van der Waals surface area contributed by atoms with Gasteiger partial charge in [0.1, 0.15) is 0 Å². The number of nitrogens with one attached hydrogen (secondary N) is 1. The van der Waals surface area contributed by atoms with Gasteiger partial charge >= 0.3 is 12.1 Å². The van der Waals surface area contributed by atoms with Crippen molar-refractivity contribution in [3.63, 3.8) is 0 Å². The number of nitrogens with two attached hydrogens (primary N) is 1. The normalized spacial score (nSPS) is 16.1. The van der Waals surface area contributed by atoms with Gasteiger partial charge in [0.15, 0.2) is 0 Å². The fraction of sp³-hybridized carbons (Fsp3) is 0.714. The molecule has 1 saturated carbocycles. The minimum absolute atomic E-state index is 0.140. The average Bonchev–Trinajstić information content (AvgIpc) is 2.96. The molecule has 0 atom stereocenters. The van der Waals surface area contributed by atoms with Crippen molar-refractivity contribution in [2.45, 2.75) is 39.5 Å². The second kappa shape index (κ2) is 8.58. The topological polar surface area (TPSA) is 84.7 Å². The smallest absolute Gasteiger partial charge is 0.418 e. The van der Waals surface area contributed by atoms with Crippen LogP contribution in [0.25, 0.3) is 0 Å². The third kappa shape index (κ3) is 4.85. The van der Waals surface area contributed by atoms with Gasteiger partial charge in [-0.1, -0.05) is 18.4 Å². The predicted octanol–water partition coefficient (Wildman–Crippen LogP) is 2.21. The molecule has 1 aliphatic carbocycles. The van der Waals surface area contributed by atoms with Crippen LogP contribution in [0.3, 0.4) is 0 Å². The second-order valence-corrected chi connectivity index (χ2v) is 4.96. The Balaban J connectivity index is 2.56. The largest absolute Gasteiger partial charge is 0.449 e. The SMILES string of the molecule is CCOC(=O)N(CCN)C(=O)N/C=C(\C)C1CCCC1. The van der Waals surface area contributed by atoms with Crippen molar-refractivity contribution < 1.29 is 14.3 Å². The Bertz CT molecular complexity index is 363. The van der Waals surface area contributed by atoms with E-state index in [2.05, 4.69) is 5.32 Å². The zero-order valence-corrected chi connectivity index (χ0v) is 12.4. The number of ether oxygens (including phenoxy) is 1. The van der Waals surface area contributed by atoms with Crippen LogP contribution in [0.15, 0.2) is 11.8 Å². The highest BCUT2D eigenvalue weighted by Crippen LogP contribution is 2.30. The molecule has 0 aromatic rings. The molecule has 1 aliphatic rings. The first kappa shape index (κ1) is 16.5. The summed E-state index contributed by atoms with van der Waals surface area (Å²) >= 11 is 0. The summed E-state index contributed by atoms with van der Waals surface area (Å²) < 4.78 is 4.83. The molecule has 20 heavy (non-hydrogen) atoms. The Morgan fingerprint density at radius 3 is 2.60 bits per heavy atom. The molecule has 0 radical (unpaired) electrons. The number of hydrogen-bond acceptors (Lipinski definition) is 4. The lowest BCUT2D eigenvalue weighted by Crippen LogP contribution is -2.45. The average molecular weight is 283 g/mol. The minimum atomic E-state index is -0.664. The molecule has 0 heterocycles. The summed E-state index contributed by atoms with van der Waals surface area (Å²) in [6, 6.07) is -0.494. The third-order valence-corrected chi connectivity index (χ3v) is 3.51. The number of nitrogens with zero attached hydrogens (tertiary/aromatic N) is 1. The molecular weight excluding hydrogens is 258 g/mol. The number of amides is 3. The maximum atomic E-state index is 12.0. The number of hydrogen-bond donors (Lipinski definition) is 2. The number of carbonyl (C=O) groups is 2. The van der Waals surface area contributed by atoms with E-state index in [0.717, 1.165) is 10.5 Å². The van der Waals surface area contributed by atoms with Crippen LogP contribution >= 0.6 is 0 Å². The van der Waals surface area contributed by atoms with Crippen LogP contribution in [0.5, 0.6) is 0 Å². The van der Waals surface area contributed by atoms with E-state index in [0.29, 0.717) is 5.92 Å². The first-order valence-electron chi connectivity index (χ1n) is 7.21. The summed E-state index contributed by atoms with van der Waals surface area (Å²) in [7, 11) is 0. The van der Waals surface area contributed by atoms with E-state index in [4.69, 9.17) is 10.5 Å². The van der Waals surface area contributed by atoms with E-state index in [1.54, 1.807) is 13.1 Å². The molecular formula is C14H25N3O3. The van der Waals surface area contributed by atoms with Gasteiger partial charge in [0, 0.05) is 19.3 Å². The highest BCUT2D eigenvalue weighted by molar-refractivity contribution is 5.91. The van der Waals surface area contributed by atoms with Crippen molar-refractivity contribution in [2.24, 2.45) is 11.7 Å². The lowest BCUT2D eigenvalue weighted by molar-refractivity contribution is 0.116. The summed E-state index contributed by atoms with van der Waals surface area (Å²) in [5.74, 6) is 0.542. The molecule has 0 spiro atoms. The zero-order chi connectivity index (χ0) is 15.0. The molecule has 0 unspecified atom stereocenters. The molecule has 3 N–H and O–H groups in total. The van der Waals surface area contributed by atoms with Crippen molar-refractivity contribution in [1.82, 2.24) is 10.2 Å². The summed E-state index contributed by atoms with van der Waals surface area (Å²) in [5, 5.41) is 2.65. The van der Waals surface area contributed by atoms with Crippen molar-refractivity contribution in [3.05, 3.63) is 11.8 Å². The van der Waals surface area contributed by atoms with Gasteiger partial charge < -0.3 is 15.8 Å². The van der Waals surface area contributed by atoms with E-state index in [1.165, 1.54) is 25.7 Å². The third-order valence-electron chi connectivity index (χ3n) is 3.51. The first-order valence-corrected chi connectivity index (χ1v) is 7.21. The van der Waals surface area contributed by atoms with E-state index in [9.17, 15) is 9.59 Å². The standard InChI is InChI=1S/C14H25N3O3/c1-3-20-14(19)17(9-8-15)13(18)16-10-11(2)12-6-4-5-7-12/h10,12H,3-9,15H2,1-2H3,(H,16,18)/b11-10+. The van der Waals surface area contributed by atoms with E-state index >= 15 is 0 Å². The monoisotopic (exact) mass is 283 g/mol. The molecule has 0 aliphatic heterocycles. The molecule has 6 heteroatoms. The summed E-state index contributed by atoms with van der Waals surface area (Å²) in [6.45, 7) is 4.27. The Labute approximate surface area is 120 Å². The van der Waals surface area contributed by atoms with Crippen LogP contribution in [0.2, 0.25) is 0 Å². The molecule has 0 saturated heterocycles. The molecule has 3 amide bonds. The van der Waals surface area contributed by atoms with Crippen LogP contribution in [-0.4, -0.2) is 36.7 Å². The van der Waals surface area contributed by atoms with Crippen LogP contribution in [-0.2, 0) is 4.74 Å². The predicted molar refractivity (Wildman–Crippen MR) is 77.0 cm³/mol. The Hall–Kier alpha value is -1.56. The quantitative estimate of drug-likeness (QED) is 0.810. The molecule has 1 rings (SSSR count). The molecule has 0 aromatic heterocycles. The van der Waals surface area contributed by atoms with Crippen LogP contribution < -0.4 is 11.1 Å². The van der Waals surface area contributed by atoms with Gasteiger partial charge in [0.2, 0.25) is 0 Å². The molecule has 0 bridgehead atoms. The van der Waals surface area contributed by atoms with E-state index < -0.39 is 12.1 Å². The maximum absolute atomic E-state index is 12.0. The van der Waals surface area contributed by atoms with Gasteiger partial charge in [0.25, 0.3) is 0 Å². The summed E-state index contributed by atoms with van der Waals surface area (Å²) in [4.78, 5) is 24.6.